The van der Waals surface area contributed by atoms with Gasteiger partial charge in [0.25, 0.3) is 0 Å². The van der Waals surface area contributed by atoms with Crippen LogP contribution in [0.4, 0.5) is 19.3 Å². The van der Waals surface area contributed by atoms with Crippen molar-refractivity contribution in [3.05, 3.63) is 23.8 Å². The summed E-state index contributed by atoms with van der Waals surface area (Å²) in [4.78, 5) is 21.8. The van der Waals surface area contributed by atoms with Gasteiger partial charge in [0, 0.05) is 24.7 Å². The Morgan fingerprint density at radius 2 is 2.10 bits per heavy atom. The summed E-state index contributed by atoms with van der Waals surface area (Å²) in [5.74, 6) is -0.960. The topological polar surface area (TPSA) is 87.7 Å². The van der Waals surface area contributed by atoms with Crippen molar-refractivity contribution in [3.63, 3.8) is 0 Å². The van der Waals surface area contributed by atoms with Gasteiger partial charge in [-0.1, -0.05) is 6.07 Å². The molecule has 0 spiro atoms. The largest absolute Gasteiger partial charge is 0.481 e. The molecule has 0 unspecified atom stereocenters. The molecular formula is C13H16F2N2O4. The Kier molecular flexibility index (Phi) is 6.38. The number of hydrogen-bond acceptors (Lipinski definition) is 3. The number of carboxylic acids is 1. The van der Waals surface area contributed by atoms with Crippen LogP contribution in [0, 0.1) is 6.92 Å². The van der Waals surface area contributed by atoms with Crippen molar-refractivity contribution in [2.24, 2.45) is 0 Å². The molecular weight excluding hydrogens is 286 g/mol. The zero-order valence-corrected chi connectivity index (χ0v) is 11.4. The molecule has 0 aromatic heterocycles. The molecule has 0 aliphatic heterocycles. The molecule has 0 radical (unpaired) electrons. The molecule has 0 heterocycles. The van der Waals surface area contributed by atoms with Crippen molar-refractivity contribution in [3.8, 4) is 5.75 Å². The number of ether oxygens (including phenoxy) is 1. The van der Waals surface area contributed by atoms with Gasteiger partial charge in [-0.2, -0.15) is 8.78 Å². The SMILES string of the molecule is Cc1ccc(NC(=O)NCCCC(=O)O)cc1OC(F)F. The Hall–Kier alpha value is -2.38. The second kappa shape index (κ2) is 8.03. The molecule has 1 aromatic rings. The molecule has 8 heteroatoms. The Labute approximate surface area is 120 Å². The highest BCUT2D eigenvalue weighted by Gasteiger charge is 2.09. The number of nitrogens with one attached hydrogen (secondary N) is 2. The molecule has 21 heavy (non-hydrogen) atoms. The van der Waals surface area contributed by atoms with E-state index < -0.39 is 18.6 Å². The molecule has 2 amide bonds. The average Bonchev–Trinajstić information content (AvgIpc) is 2.38. The van der Waals surface area contributed by atoms with Crippen LogP contribution in [0.25, 0.3) is 0 Å². The fourth-order valence-electron chi connectivity index (χ4n) is 1.52. The summed E-state index contributed by atoms with van der Waals surface area (Å²) in [6.07, 6.45) is 0.258. The number of hydrogen-bond donors (Lipinski definition) is 3. The molecule has 6 nitrogen and oxygen atoms in total. The predicted octanol–water partition coefficient (Wildman–Crippen LogP) is 2.58. The van der Waals surface area contributed by atoms with Gasteiger partial charge >= 0.3 is 18.6 Å². The molecule has 1 aromatic carbocycles. The van der Waals surface area contributed by atoms with Crippen LogP contribution in [0.1, 0.15) is 18.4 Å². The fourth-order valence-corrected chi connectivity index (χ4v) is 1.52. The quantitative estimate of drug-likeness (QED) is 0.676. The minimum absolute atomic E-state index is 0.0197. The van der Waals surface area contributed by atoms with Gasteiger partial charge in [0.05, 0.1) is 0 Å². The van der Waals surface area contributed by atoms with Crippen molar-refractivity contribution >= 4 is 17.7 Å². The molecule has 0 aliphatic rings. The number of aryl methyl sites for hydroxylation is 1. The monoisotopic (exact) mass is 302 g/mol. The maximum atomic E-state index is 12.2. The van der Waals surface area contributed by atoms with Crippen LogP contribution in [-0.4, -0.2) is 30.3 Å². The zero-order valence-electron chi connectivity index (χ0n) is 11.4. The van der Waals surface area contributed by atoms with Gasteiger partial charge in [-0.05, 0) is 25.0 Å². The zero-order chi connectivity index (χ0) is 15.8. The normalized spacial score (nSPS) is 10.3. The van der Waals surface area contributed by atoms with E-state index in [1.165, 1.54) is 12.1 Å². The van der Waals surface area contributed by atoms with Gasteiger partial charge in [0.15, 0.2) is 0 Å². The summed E-state index contributed by atoms with van der Waals surface area (Å²) in [7, 11) is 0. The molecule has 0 fully saturated rings. The smallest absolute Gasteiger partial charge is 0.387 e. The summed E-state index contributed by atoms with van der Waals surface area (Å²) in [6.45, 7) is -1.14. The first kappa shape index (κ1) is 16.7. The summed E-state index contributed by atoms with van der Waals surface area (Å²) < 4.78 is 28.7. The summed E-state index contributed by atoms with van der Waals surface area (Å²) in [5.41, 5.74) is 0.815. The second-order valence-corrected chi connectivity index (χ2v) is 4.24. The van der Waals surface area contributed by atoms with E-state index in [0.717, 1.165) is 0 Å². The number of carbonyl (C=O) groups is 2. The van der Waals surface area contributed by atoms with Gasteiger partial charge < -0.3 is 20.5 Å². The first-order valence-corrected chi connectivity index (χ1v) is 6.20. The van der Waals surface area contributed by atoms with E-state index >= 15 is 0 Å². The van der Waals surface area contributed by atoms with Crippen molar-refractivity contribution in [2.45, 2.75) is 26.4 Å². The van der Waals surface area contributed by atoms with E-state index in [4.69, 9.17) is 5.11 Å². The minimum atomic E-state index is -2.94. The lowest BCUT2D eigenvalue weighted by Gasteiger charge is -2.11. The molecule has 0 bridgehead atoms. The number of carboxylic acid groups (broad SMARTS) is 1. The van der Waals surface area contributed by atoms with Crippen molar-refractivity contribution in [2.75, 3.05) is 11.9 Å². The lowest BCUT2D eigenvalue weighted by molar-refractivity contribution is -0.137. The highest BCUT2D eigenvalue weighted by atomic mass is 19.3. The predicted molar refractivity (Wildman–Crippen MR) is 71.7 cm³/mol. The molecule has 0 atom stereocenters. The van der Waals surface area contributed by atoms with Crippen LogP contribution in [0.5, 0.6) is 5.75 Å². The lowest BCUT2D eigenvalue weighted by atomic mass is 10.2. The van der Waals surface area contributed by atoms with Crippen LogP contribution in [0.15, 0.2) is 18.2 Å². The van der Waals surface area contributed by atoms with Gasteiger partial charge in [-0.15, -0.1) is 0 Å². The number of halogens is 2. The number of benzene rings is 1. The van der Waals surface area contributed by atoms with Gasteiger partial charge in [-0.25, -0.2) is 4.79 Å². The number of amides is 2. The number of carbonyl (C=O) groups excluding carboxylic acids is 1. The second-order valence-electron chi connectivity index (χ2n) is 4.24. The molecule has 0 saturated heterocycles. The highest BCUT2D eigenvalue weighted by Crippen LogP contribution is 2.24. The highest BCUT2D eigenvalue weighted by molar-refractivity contribution is 5.89. The van der Waals surface area contributed by atoms with E-state index in [2.05, 4.69) is 15.4 Å². The fraction of sp³-hybridized carbons (Fsp3) is 0.385. The Morgan fingerprint density at radius 1 is 1.38 bits per heavy atom. The molecule has 116 valence electrons. The van der Waals surface area contributed by atoms with Gasteiger partial charge in [0.2, 0.25) is 0 Å². The van der Waals surface area contributed by atoms with Crippen molar-refractivity contribution in [1.82, 2.24) is 5.32 Å². The molecule has 0 saturated carbocycles. The third-order valence-corrected chi connectivity index (χ3v) is 2.52. The minimum Gasteiger partial charge on any atom is -0.481 e. The number of anilines is 1. The summed E-state index contributed by atoms with van der Waals surface area (Å²) in [5, 5.41) is 13.3. The number of urea groups is 1. The Balaban J connectivity index is 2.50. The molecule has 0 aliphatic carbocycles. The lowest BCUT2D eigenvalue weighted by Crippen LogP contribution is -2.29. The Bertz CT molecular complexity index is 509. The maximum Gasteiger partial charge on any atom is 0.387 e. The average molecular weight is 302 g/mol. The first-order chi connectivity index (χ1) is 9.88. The van der Waals surface area contributed by atoms with Crippen molar-refractivity contribution in [1.29, 1.82) is 0 Å². The van der Waals surface area contributed by atoms with E-state index in [1.54, 1.807) is 13.0 Å². The summed E-state index contributed by atoms with van der Waals surface area (Å²) in [6, 6.07) is 3.83. The summed E-state index contributed by atoms with van der Waals surface area (Å²) >= 11 is 0. The van der Waals surface area contributed by atoms with Crippen LogP contribution in [-0.2, 0) is 4.79 Å². The van der Waals surface area contributed by atoms with Gasteiger partial charge in [-0.3, -0.25) is 4.79 Å². The Morgan fingerprint density at radius 3 is 2.71 bits per heavy atom. The van der Waals surface area contributed by atoms with E-state index in [1.807, 2.05) is 0 Å². The number of alkyl halides is 2. The van der Waals surface area contributed by atoms with E-state index in [-0.39, 0.29) is 18.7 Å². The maximum absolute atomic E-state index is 12.2. The third kappa shape index (κ3) is 6.55. The third-order valence-electron chi connectivity index (χ3n) is 2.52. The van der Waals surface area contributed by atoms with Crippen LogP contribution < -0.4 is 15.4 Å². The van der Waals surface area contributed by atoms with Gasteiger partial charge in [0.1, 0.15) is 5.75 Å². The van der Waals surface area contributed by atoms with Crippen LogP contribution >= 0.6 is 0 Å². The molecule has 3 N–H and O–H groups in total. The molecule has 1 rings (SSSR count). The van der Waals surface area contributed by atoms with E-state index in [0.29, 0.717) is 17.7 Å². The van der Waals surface area contributed by atoms with Crippen LogP contribution in [0.3, 0.4) is 0 Å². The van der Waals surface area contributed by atoms with E-state index in [9.17, 15) is 18.4 Å². The number of rotatable bonds is 7. The van der Waals surface area contributed by atoms with Crippen LogP contribution in [0.2, 0.25) is 0 Å². The van der Waals surface area contributed by atoms with Crippen molar-refractivity contribution < 1.29 is 28.2 Å². The standard InChI is InChI=1S/C13H16F2N2O4/c1-8-4-5-9(7-10(8)21-12(14)15)17-13(20)16-6-2-3-11(18)19/h4-5,7,12H,2-3,6H2,1H3,(H,18,19)(H2,16,17,20). The number of aliphatic carboxylic acids is 1. The first-order valence-electron chi connectivity index (χ1n) is 6.20.